The lowest BCUT2D eigenvalue weighted by Crippen LogP contribution is -2.31. The monoisotopic (exact) mass is 459 g/mol. The molecule has 1 aromatic carbocycles. The molecule has 5 rings (SSSR count). The predicted octanol–water partition coefficient (Wildman–Crippen LogP) is 1.80. The number of aliphatic hydroxyl groups is 1. The number of aromatic nitrogens is 6. The molecule has 4 N–H and O–H groups in total. The van der Waals surface area contributed by atoms with E-state index < -0.39 is 6.04 Å². The number of aryl methyl sites for hydroxylation is 1. The molecular formula is C22H21N9O3. The summed E-state index contributed by atoms with van der Waals surface area (Å²) >= 11 is 0. The highest BCUT2D eigenvalue weighted by Crippen LogP contribution is 2.29. The third kappa shape index (κ3) is 4.38. The van der Waals surface area contributed by atoms with Gasteiger partial charge in [0.2, 0.25) is 11.8 Å². The Morgan fingerprint density at radius 1 is 1.21 bits per heavy atom. The molecule has 0 fully saturated rings. The van der Waals surface area contributed by atoms with Crippen LogP contribution in [0.3, 0.4) is 0 Å². The minimum atomic E-state index is -0.559. The highest BCUT2D eigenvalue weighted by molar-refractivity contribution is 5.97. The molecule has 172 valence electrons. The van der Waals surface area contributed by atoms with Crippen LogP contribution >= 0.6 is 0 Å². The van der Waals surface area contributed by atoms with Crippen LogP contribution in [0.1, 0.15) is 33.5 Å². The second-order valence-electron chi connectivity index (χ2n) is 7.60. The van der Waals surface area contributed by atoms with E-state index in [9.17, 15) is 9.90 Å². The van der Waals surface area contributed by atoms with Gasteiger partial charge < -0.3 is 25.5 Å². The number of nitrogens with zero attached hydrogens (tertiary/aromatic N) is 6. The fourth-order valence-corrected chi connectivity index (χ4v) is 3.63. The van der Waals surface area contributed by atoms with Gasteiger partial charge in [0.1, 0.15) is 12.1 Å². The highest BCUT2D eigenvalue weighted by Gasteiger charge is 2.21. The Labute approximate surface area is 193 Å². The van der Waals surface area contributed by atoms with Crippen molar-refractivity contribution in [3.8, 4) is 11.5 Å². The lowest BCUT2D eigenvalue weighted by Gasteiger charge is -2.19. The largest absolute Gasteiger partial charge is 0.421 e. The average molecular weight is 459 g/mol. The van der Waals surface area contributed by atoms with Crippen LogP contribution in [0.5, 0.6) is 0 Å². The Morgan fingerprint density at radius 3 is 2.88 bits per heavy atom. The second kappa shape index (κ2) is 9.19. The maximum absolute atomic E-state index is 12.0. The number of hydrogen-bond donors (Lipinski definition) is 4. The van der Waals surface area contributed by atoms with E-state index in [4.69, 9.17) is 4.42 Å². The van der Waals surface area contributed by atoms with Crippen molar-refractivity contribution in [1.82, 2.24) is 35.5 Å². The second-order valence-corrected chi connectivity index (χ2v) is 7.60. The summed E-state index contributed by atoms with van der Waals surface area (Å²) in [5.41, 5.74) is 3.43. The zero-order chi connectivity index (χ0) is 23.5. The SMILES string of the molecule is Cc1nnc(-c2cnc(Nc3ccc4c(c3)CCNC4=O)nc2N[C@H](CO)c2ccncn2)o1. The number of amides is 1. The molecule has 4 heterocycles. The fraction of sp³-hybridized carbons (Fsp3) is 0.227. The van der Waals surface area contributed by atoms with Gasteiger partial charge in [0.05, 0.1) is 23.9 Å². The smallest absolute Gasteiger partial charge is 0.253 e. The molecule has 0 saturated carbocycles. The summed E-state index contributed by atoms with van der Waals surface area (Å²) in [6, 6.07) is 6.63. The molecule has 1 amide bonds. The fourth-order valence-electron chi connectivity index (χ4n) is 3.63. The Hall–Kier alpha value is -4.45. The first kappa shape index (κ1) is 21.4. The Bertz CT molecular complexity index is 1330. The van der Waals surface area contributed by atoms with E-state index in [2.05, 4.69) is 46.1 Å². The maximum atomic E-state index is 12.0. The minimum Gasteiger partial charge on any atom is -0.421 e. The van der Waals surface area contributed by atoms with Crippen LogP contribution in [0.25, 0.3) is 11.5 Å². The maximum Gasteiger partial charge on any atom is 0.253 e. The van der Waals surface area contributed by atoms with E-state index in [0.29, 0.717) is 41.0 Å². The van der Waals surface area contributed by atoms with Crippen molar-refractivity contribution in [2.75, 3.05) is 23.8 Å². The number of rotatable bonds is 7. The van der Waals surface area contributed by atoms with Crippen LogP contribution in [0, 0.1) is 6.92 Å². The predicted molar refractivity (Wildman–Crippen MR) is 121 cm³/mol. The molecule has 3 aromatic heterocycles. The first-order valence-electron chi connectivity index (χ1n) is 10.6. The van der Waals surface area contributed by atoms with E-state index in [1.807, 2.05) is 6.07 Å². The summed E-state index contributed by atoms with van der Waals surface area (Å²) in [6.07, 6.45) is 5.31. The van der Waals surface area contributed by atoms with E-state index in [1.165, 1.54) is 6.33 Å². The van der Waals surface area contributed by atoms with Crippen LogP contribution in [0.2, 0.25) is 0 Å². The molecule has 0 spiro atoms. The van der Waals surface area contributed by atoms with Crippen molar-refractivity contribution in [3.05, 3.63) is 65.7 Å². The highest BCUT2D eigenvalue weighted by atomic mass is 16.4. The average Bonchev–Trinajstić information content (AvgIpc) is 3.29. The van der Waals surface area contributed by atoms with Crippen molar-refractivity contribution in [2.45, 2.75) is 19.4 Å². The lowest BCUT2D eigenvalue weighted by molar-refractivity contribution is 0.0946. The molecule has 0 radical (unpaired) electrons. The quantitative estimate of drug-likeness (QED) is 0.318. The van der Waals surface area contributed by atoms with Gasteiger partial charge in [-0.3, -0.25) is 4.79 Å². The molecule has 1 atom stereocenters. The van der Waals surface area contributed by atoms with Crippen molar-refractivity contribution >= 4 is 23.4 Å². The summed E-state index contributed by atoms with van der Waals surface area (Å²) in [5, 5.41) is 27.1. The standard InChI is InChI=1S/C22H21N9O3/c1-12-30-31-21(34-12)16-9-25-22(27-14-2-3-15-13(8-14)4-7-24-20(15)33)29-19(16)28-18(10-32)17-5-6-23-11-26-17/h2-3,5-6,8-9,11,18,32H,4,7,10H2,1H3,(H,24,33)(H2,25,27,28,29)/t18-/m1/s1. The van der Waals surface area contributed by atoms with Crippen molar-refractivity contribution in [1.29, 1.82) is 0 Å². The van der Waals surface area contributed by atoms with Crippen molar-refractivity contribution in [2.24, 2.45) is 0 Å². The summed E-state index contributed by atoms with van der Waals surface area (Å²) in [7, 11) is 0. The zero-order valence-corrected chi connectivity index (χ0v) is 18.2. The van der Waals surface area contributed by atoms with E-state index >= 15 is 0 Å². The lowest BCUT2D eigenvalue weighted by atomic mass is 10.00. The molecular weight excluding hydrogens is 438 g/mol. The van der Waals surface area contributed by atoms with Crippen LogP contribution in [-0.4, -0.2) is 54.3 Å². The first-order chi connectivity index (χ1) is 16.6. The summed E-state index contributed by atoms with van der Waals surface area (Å²) in [6.45, 7) is 2.05. The number of carbonyl (C=O) groups excluding carboxylic acids is 1. The number of hydrogen-bond acceptors (Lipinski definition) is 11. The molecule has 0 bridgehead atoms. The van der Waals surface area contributed by atoms with Crippen LogP contribution in [0.15, 0.2) is 47.4 Å². The van der Waals surface area contributed by atoms with Gasteiger partial charge >= 0.3 is 0 Å². The summed E-state index contributed by atoms with van der Waals surface area (Å²) in [5.74, 6) is 1.24. The Morgan fingerprint density at radius 2 is 2.12 bits per heavy atom. The molecule has 34 heavy (non-hydrogen) atoms. The molecule has 12 nitrogen and oxygen atoms in total. The zero-order valence-electron chi connectivity index (χ0n) is 18.2. The van der Waals surface area contributed by atoms with Crippen molar-refractivity contribution < 1.29 is 14.3 Å². The third-order valence-corrected chi connectivity index (χ3v) is 5.29. The molecule has 0 aliphatic carbocycles. The van der Waals surface area contributed by atoms with E-state index in [1.54, 1.807) is 37.5 Å². The summed E-state index contributed by atoms with van der Waals surface area (Å²) in [4.78, 5) is 29.1. The number of benzene rings is 1. The number of nitrogens with one attached hydrogen (secondary N) is 3. The Balaban J connectivity index is 1.48. The number of aliphatic hydroxyl groups excluding tert-OH is 1. The normalized spacial score (nSPS) is 13.6. The van der Waals surface area contributed by atoms with Crippen molar-refractivity contribution in [3.63, 3.8) is 0 Å². The third-order valence-electron chi connectivity index (χ3n) is 5.29. The van der Waals surface area contributed by atoms with Gasteiger partial charge in [-0.05, 0) is 36.2 Å². The number of carbonyl (C=O) groups is 1. The Kier molecular flexibility index (Phi) is 5.79. The van der Waals surface area contributed by atoms with Gasteiger partial charge in [0, 0.05) is 37.1 Å². The minimum absolute atomic E-state index is 0.0745. The number of anilines is 3. The molecule has 4 aromatic rings. The molecule has 0 saturated heterocycles. The van der Waals surface area contributed by atoms with Gasteiger partial charge in [0.25, 0.3) is 11.8 Å². The van der Waals surface area contributed by atoms with Gasteiger partial charge in [-0.25, -0.2) is 15.0 Å². The van der Waals surface area contributed by atoms with E-state index in [0.717, 1.165) is 17.7 Å². The summed E-state index contributed by atoms with van der Waals surface area (Å²) < 4.78 is 5.57. The van der Waals surface area contributed by atoms with Crippen LogP contribution in [-0.2, 0) is 6.42 Å². The van der Waals surface area contributed by atoms with Gasteiger partial charge in [-0.15, -0.1) is 10.2 Å². The molecule has 1 aliphatic heterocycles. The van der Waals surface area contributed by atoms with Crippen LogP contribution in [0.4, 0.5) is 17.5 Å². The van der Waals surface area contributed by atoms with Crippen LogP contribution < -0.4 is 16.0 Å². The topological polar surface area (TPSA) is 164 Å². The van der Waals surface area contributed by atoms with E-state index in [-0.39, 0.29) is 18.4 Å². The molecule has 1 aliphatic rings. The molecule has 12 heteroatoms. The van der Waals surface area contributed by atoms with Gasteiger partial charge in [-0.1, -0.05) is 0 Å². The molecule has 0 unspecified atom stereocenters. The van der Waals surface area contributed by atoms with Gasteiger partial charge in [0.15, 0.2) is 0 Å². The first-order valence-corrected chi connectivity index (χ1v) is 10.6. The van der Waals surface area contributed by atoms with Gasteiger partial charge in [-0.2, -0.15) is 4.98 Å². The number of fused-ring (bicyclic) bond motifs is 1.